The highest BCUT2D eigenvalue weighted by atomic mass is 16.5. The van der Waals surface area contributed by atoms with Gasteiger partial charge in [0.15, 0.2) is 0 Å². The SMILES string of the molecule is C=CCOc1ccc2c3c(cccc13)C(=O)N(CCNC(=O)CCN(CCC(=O)NCCN1C(=O)c3cccc4c(OCC=C)ccc(c34)C1=O)CCN1C(=O)c3cccc4c(NCCN5C(=O)c6cccc7c(OCC=C)ccc(c67)C5=O)ccc(c34)C1=O)C2=O. The zero-order valence-electron chi connectivity index (χ0n) is 50.1. The fraction of sp³-hybridized carbons (Fsp3) is 0.211. The number of benzene rings is 8. The molecule has 0 saturated carbocycles. The molecule has 92 heavy (non-hydrogen) atoms. The summed E-state index contributed by atoms with van der Waals surface area (Å²) in [6, 6.07) is 33.8. The Morgan fingerprint density at radius 1 is 0.370 bits per heavy atom. The van der Waals surface area contributed by atoms with Crippen LogP contribution in [0.3, 0.4) is 0 Å². The number of nitrogens with zero attached hydrogens (tertiary/aromatic N) is 5. The molecule has 0 bridgehead atoms. The molecule has 0 radical (unpaired) electrons. The Kier molecular flexibility index (Phi) is 17.2. The van der Waals surface area contributed by atoms with Crippen LogP contribution in [0.25, 0.3) is 43.1 Å². The van der Waals surface area contributed by atoms with Crippen molar-refractivity contribution in [2.45, 2.75) is 12.8 Å². The monoisotopic (exact) mass is 1230 g/mol. The average Bonchev–Trinajstić information content (AvgIpc) is 0.797. The van der Waals surface area contributed by atoms with Crippen molar-refractivity contribution in [3.8, 4) is 17.2 Å². The molecule has 8 aromatic carbocycles. The van der Waals surface area contributed by atoms with Crippen molar-refractivity contribution in [1.29, 1.82) is 0 Å². The van der Waals surface area contributed by atoms with Gasteiger partial charge in [0.2, 0.25) is 11.8 Å². The largest absolute Gasteiger partial charge is 0.489 e. The van der Waals surface area contributed by atoms with Crippen LogP contribution >= 0.6 is 0 Å². The van der Waals surface area contributed by atoms with Crippen molar-refractivity contribution in [2.75, 3.05) is 90.6 Å². The topological polar surface area (TPSA) is 251 Å². The van der Waals surface area contributed by atoms with Gasteiger partial charge in [-0.1, -0.05) is 86.5 Å². The van der Waals surface area contributed by atoms with E-state index in [1.54, 1.807) is 144 Å². The second-order valence-electron chi connectivity index (χ2n) is 22.2. The van der Waals surface area contributed by atoms with Crippen LogP contribution in [0.5, 0.6) is 17.2 Å². The first-order valence-electron chi connectivity index (χ1n) is 30.1. The van der Waals surface area contributed by atoms with Gasteiger partial charge in [-0.25, -0.2) is 0 Å². The molecule has 0 spiro atoms. The highest BCUT2D eigenvalue weighted by Crippen LogP contribution is 2.40. The molecule has 0 unspecified atom stereocenters. The summed E-state index contributed by atoms with van der Waals surface area (Å²) in [5.74, 6) is -3.49. The molecule has 464 valence electrons. The molecule has 0 aromatic heterocycles. The number of carbonyl (C=O) groups excluding carboxylic acids is 10. The van der Waals surface area contributed by atoms with Gasteiger partial charge in [-0.15, -0.1) is 0 Å². The first-order chi connectivity index (χ1) is 44.7. The normalized spacial score (nSPS) is 14.1. The number of hydrogen-bond donors (Lipinski definition) is 3. The maximum absolute atomic E-state index is 14.5. The average molecular weight is 1240 g/mol. The summed E-state index contributed by atoms with van der Waals surface area (Å²) >= 11 is 0. The van der Waals surface area contributed by atoms with Crippen molar-refractivity contribution in [3.63, 3.8) is 0 Å². The molecule has 8 aromatic rings. The highest BCUT2D eigenvalue weighted by molar-refractivity contribution is 6.29. The molecule has 0 fully saturated rings. The molecule has 4 aliphatic rings. The van der Waals surface area contributed by atoms with Gasteiger partial charge in [-0.2, -0.15) is 0 Å². The van der Waals surface area contributed by atoms with Gasteiger partial charge >= 0.3 is 0 Å². The van der Waals surface area contributed by atoms with Crippen molar-refractivity contribution < 1.29 is 62.2 Å². The minimum absolute atomic E-state index is 0.000984. The summed E-state index contributed by atoms with van der Waals surface area (Å²) in [6.45, 7) is 11.5. The zero-order chi connectivity index (χ0) is 64.3. The first kappa shape index (κ1) is 60.9. The Morgan fingerprint density at radius 2 is 0.674 bits per heavy atom. The summed E-state index contributed by atoms with van der Waals surface area (Å²) in [6.07, 6.45) is 4.56. The van der Waals surface area contributed by atoms with Crippen molar-refractivity contribution >= 4 is 108 Å². The van der Waals surface area contributed by atoms with Crippen LogP contribution in [0.15, 0.2) is 159 Å². The van der Waals surface area contributed by atoms with Gasteiger partial charge in [0.05, 0.1) is 0 Å². The Labute approximate surface area is 527 Å². The standard InChI is InChI=1S/C71H62N8O13/c1-4-39-90-55-24-20-51-61-43(55)12-8-16-47(61)64(82)76(68(51)86)34-29-72-54-23-19-50-60-42(54)11-7-15-46(60)67(85)79(71(50)89)38-37-75(32-27-58(80)73-30-35-77-65(83)48-17-9-13-44-56(91-40-5-2)25-21-52(62(44)48)69(77)87)33-28-59(81)74-31-36-78-66(84)49-18-10-14-45-57(92-41-6-3)26-22-53(63(45)49)70(78)88/h4-26,72H,1-3,27-41H2,(H,73,80)(H,74,81). The predicted octanol–water partition coefficient (Wildman–Crippen LogP) is 8.20. The van der Waals surface area contributed by atoms with E-state index in [2.05, 4.69) is 35.7 Å². The number of carbonyl (C=O) groups is 10. The van der Waals surface area contributed by atoms with Crippen LogP contribution in [-0.4, -0.2) is 169 Å². The molecular weight excluding hydrogens is 1170 g/mol. The van der Waals surface area contributed by atoms with Crippen LogP contribution < -0.4 is 30.2 Å². The fourth-order valence-electron chi connectivity index (χ4n) is 12.5. The van der Waals surface area contributed by atoms with Gasteiger partial charge in [0.25, 0.3) is 47.3 Å². The number of imide groups is 4. The summed E-state index contributed by atoms with van der Waals surface area (Å²) in [5.41, 5.74) is 3.08. The minimum Gasteiger partial charge on any atom is -0.489 e. The zero-order valence-corrected chi connectivity index (χ0v) is 50.1. The van der Waals surface area contributed by atoms with Crippen molar-refractivity contribution in [1.82, 2.24) is 35.1 Å². The molecule has 0 saturated heterocycles. The maximum atomic E-state index is 14.5. The molecule has 21 nitrogen and oxygen atoms in total. The lowest BCUT2D eigenvalue weighted by Crippen LogP contribution is -2.46. The number of anilines is 1. The first-order valence-corrected chi connectivity index (χ1v) is 30.1. The fourth-order valence-corrected chi connectivity index (χ4v) is 12.5. The Morgan fingerprint density at radius 3 is 1.03 bits per heavy atom. The third kappa shape index (κ3) is 11.2. The van der Waals surface area contributed by atoms with Crippen molar-refractivity contribution in [2.24, 2.45) is 0 Å². The van der Waals surface area contributed by atoms with Gasteiger partial charge < -0.3 is 35.1 Å². The molecule has 0 aliphatic carbocycles. The van der Waals surface area contributed by atoms with E-state index in [9.17, 15) is 47.9 Å². The summed E-state index contributed by atoms with van der Waals surface area (Å²) in [7, 11) is 0. The van der Waals surface area contributed by atoms with E-state index in [1.165, 1.54) is 4.90 Å². The molecule has 10 amide bonds. The maximum Gasteiger partial charge on any atom is 0.261 e. The molecular formula is C71H62N8O13. The molecule has 4 heterocycles. The molecule has 3 N–H and O–H groups in total. The lowest BCUT2D eigenvalue weighted by molar-refractivity contribution is -0.121. The van der Waals surface area contributed by atoms with E-state index < -0.39 is 59.1 Å². The Balaban J connectivity index is 0.700. The smallest absolute Gasteiger partial charge is 0.261 e. The van der Waals surface area contributed by atoms with E-state index >= 15 is 0 Å². The number of ether oxygens (including phenoxy) is 3. The molecule has 21 heteroatoms. The van der Waals surface area contributed by atoms with Crippen LogP contribution in [0.4, 0.5) is 5.69 Å². The van der Waals surface area contributed by atoms with Gasteiger partial charge in [0.1, 0.15) is 37.1 Å². The number of amides is 10. The van der Waals surface area contributed by atoms with E-state index in [0.29, 0.717) is 99.4 Å². The second-order valence-corrected chi connectivity index (χ2v) is 22.2. The summed E-state index contributed by atoms with van der Waals surface area (Å²) in [5, 5.41) is 13.3. The van der Waals surface area contributed by atoms with Crippen LogP contribution in [0.1, 0.15) is 95.7 Å². The third-order valence-corrected chi connectivity index (χ3v) is 16.8. The quantitative estimate of drug-likeness (QED) is 0.0309. The van der Waals surface area contributed by atoms with E-state index in [0.717, 1.165) is 14.7 Å². The highest BCUT2D eigenvalue weighted by Gasteiger charge is 2.38. The van der Waals surface area contributed by atoms with E-state index in [1.807, 2.05) is 0 Å². The number of hydrogen-bond acceptors (Lipinski definition) is 15. The predicted molar refractivity (Wildman–Crippen MR) is 345 cm³/mol. The minimum atomic E-state index is -0.569. The summed E-state index contributed by atoms with van der Waals surface area (Å²) in [4.78, 5) is 145. The molecule has 0 atom stereocenters. The van der Waals surface area contributed by atoms with E-state index in [4.69, 9.17) is 14.2 Å². The Bertz CT molecular complexity index is 4280. The molecule has 12 rings (SSSR count). The van der Waals surface area contributed by atoms with Gasteiger partial charge in [-0.05, 0) is 72.8 Å². The lowest BCUT2D eigenvalue weighted by atomic mass is 9.93. The van der Waals surface area contributed by atoms with Crippen LogP contribution in [-0.2, 0) is 9.59 Å². The Hall–Kier alpha value is -11.3. The summed E-state index contributed by atoms with van der Waals surface area (Å²) < 4.78 is 17.4. The van der Waals surface area contributed by atoms with E-state index in [-0.39, 0.29) is 109 Å². The van der Waals surface area contributed by atoms with Crippen LogP contribution in [0, 0.1) is 0 Å². The van der Waals surface area contributed by atoms with Gasteiger partial charge in [-0.3, -0.25) is 67.5 Å². The number of rotatable bonds is 28. The lowest BCUT2D eigenvalue weighted by Gasteiger charge is -2.31. The van der Waals surface area contributed by atoms with Gasteiger partial charge in [0, 0.05) is 172 Å². The second kappa shape index (κ2) is 26.0. The van der Waals surface area contributed by atoms with Crippen LogP contribution in [0.2, 0.25) is 0 Å². The number of nitrogens with one attached hydrogen (secondary N) is 3. The molecule has 4 aliphatic heterocycles. The van der Waals surface area contributed by atoms with Crippen molar-refractivity contribution in [3.05, 3.63) is 204 Å². The third-order valence-electron chi connectivity index (χ3n) is 16.8.